The van der Waals surface area contributed by atoms with Gasteiger partial charge in [-0.2, -0.15) is 0 Å². The smallest absolute Gasteiger partial charge is 0.0717 e. The van der Waals surface area contributed by atoms with Crippen LogP contribution in [0.5, 0.6) is 0 Å². The van der Waals surface area contributed by atoms with E-state index in [1.54, 1.807) is 25.4 Å². The maximum atomic E-state index is 2.25. The van der Waals surface area contributed by atoms with Crippen LogP contribution < -0.4 is 0 Å². The van der Waals surface area contributed by atoms with Gasteiger partial charge in [-0.15, -0.1) is 94.1 Å². The fourth-order valence-electron chi connectivity index (χ4n) is 4.69. The average Bonchev–Trinajstić information content (AvgIpc) is 3.88. The molecule has 0 radical (unpaired) electrons. The second-order valence-corrected chi connectivity index (χ2v) is 29.8. The summed E-state index contributed by atoms with van der Waals surface area (Å²) in [5, 5.41) is 0. The van der Waals surface area contributed by atoms with E-state index in [0.29, 0.717) is 0 Å². The summed E-state index contributed by atoms with van der Waals surface area (Å²) in [6, 6.07) is 0. The van der Waals surface area contributed by atoms with Gasteiger partial charge >= 0.3 is 0 Å². The summed E-state index contributed by atoms with van der Waals surface area (Å²) in [5.74, 6) is 7.61. The van der Waals surface area contributed by atoms with Crippen molar-refractivity contribution in [3.63, 3.8) is 0 Å². The Labute approximate surface area is 345 Å². The minimum absolute atomic E-state index is 1.27. The van der Waals surface area contributed by atoms with Crippen LogP contribution in [0.1, 0.15) is 64.2 Å². The molecule has 0 N–H and O–H groups in total. The zero-order chi connectivity index (χ0) is 31.6. The lowest BCUT2D eigenvalue weighted by atomic mass is 10.1. The quantitative estimate of drug-likeness (QED) is 0.127. The molecule has 0 saturated heterocycles. The van der Waals surface area contributed by atoms with Crippen molar-refractivity contribution in [1.82, 2.24) is 0 Å². The molecule has 6 rings (SSSR count). The second-order valence-electron chi connectivity index (χ2n) is 10.3. The van der Waals surface area contributed by atoms with Crippen molar-refractivity contribution >= 4 is 188 Å². The molecular weight excluding hydrogens is 873 g/mol. The normalized spacial score (nSPS) is 22.0. The summed E-state index contributed by atoms with van der Waals surface area (Å²) < 4.78 is 18.6. The van der Waals surface area contributed by atoms with Gasteiger partial charge in [0.25, 0.3) is 0 Å². The van der Waals surface area contributed by atoms with Crippen molar-refractivity contribution in [1.29, 1.82) is 0 Å². The zero-order valence-electron chi connectivity index (χ0n) is 25.8. The van der Waals surface area contributed by atoms with E-state index in [4.69, 9.17) is 0 Å². The van der Waals surface area contributed by atoms with E-state index in [2.05, 4.69) is 107 Å². The first-order valence-electron chi connectivity index (χ1n) is 15.4. The molecule has 0 amide bonds. The summed E-state index contributed by atoms with van der Waals surface area (Å²) in [6.45, 7) is 0. The first kappa shape index (κ1) is 39.7. The van der Waals surface area contributed by atoms with E-state index in [0.717, 1.165) is 0 Å². The Kier molecular flexibility index (Phi) is 18.8. The van der Waals surface area contributed by atoms with Crippen LogP contribution in [-0.4, -0.2) is 47.0 Å². The molecule has 0 unspecified atom stereocenters. The maximum absolute atomic E-state index is 2.25. The lowest BCUT2D eigenvalue weighted by Crippen LogP contribution is -1.88. The Morgan fingerprint density at radius 1 is 0.348 bits per heavy atom. The van der Waals surface area contributed by atoms with Crippen molar-refractivity contribution in [2.75, 3.05) is 47.0 Å². The van der Waals surface area contributed by atoms with Crippen LogP contribution >= 0.6 is 188 Å². The van der Waals surface area contributed by atoms with E-state index in [1.165, 1.54) is 124 Å². The van der Waals surface area contributed by atoms with Crippen LogP contribution in [0.25, 0.3) is 0 Å². The van der Waals surface area contributed by atoms with Gasteiger partial charge in [0.15, 0.2) is 0 Å². The minimum atomic E-state index is 1.27. The minimum Gasteiger partial charge on any atom is -0.121 e. The molecule has 0 nitrogen and oxygen atoms in total. The number of thioether (sulfide) groups is 16. The summed E-state index contributed by atoms with van der Waals surface area (Å²) in [7, 11) is 0. The second kappa shape index (κ2) is 21.8. The SMILES string of the molecule is CSC1=C(SCCCCCCCCCCCCSC2=C(SC)SC(=C3SC4=C(SCCS4)S3)S2)SC(=C2SC3=C(SCCS3)S2)S1. The standard InChI is InChI=1S/C30H38S16/c1-31-19-21(41-27(39-19)29-43-23-24(44-29)36-16-15-35-23)33-13-11-9-7-5-3-4-6-8-10-12-14-34-22-20(32-2)40-28(42-22)30-45-25-26(46-30)38-18-17-37-25/h3-18H2,1-2H3. The molecule has 0 aromatic carbocycles. The predicted molar refractivity (Wildman–Crippen MR) is 251 cm³/mol. The highest BCUT2D eigenvalue weighted by Gasteiger charge is 2.33. The molecule has 6 aliphatic rings. The highest BCUT2D eigenvalue weighted by atomic mass is 32.3. The molecule has 6 aliphatic heterocycles. The number of rotatable bonds is 17. The first-order valence-corrected chi connectivity index (χ1v) is 30.3. The molecule has 0 aromatic heterocycles. The lowest BCUT2D eigenvalue weighted by molar-refractivity contribution is 0.564. The molecule has 46 heavy (non-hydrogen) atoms. The Morgan fingerprint density at radius 2 is 0.630 bits per heavy atom. The molecule has 0 fully saturated rings. The Morgan fingerprint density at radius 3 is 0.957 bits per heavy atom. The molecule has 6 heterocycles. The maximum Gasteiger partial charge on any atom is 0.0717 e. The predicted octanol–water partition coefficient (Wildman–Crippen LogP) is 16.7. The highest BCUT2D eigenvalue weighted by molar-refractivity contribution is 8.46. The van der Waals surface area contributed by atoms with Crippen LogP contribution in [0.3, 0.4) is 0 Å². The summed E-state index contributed by atoms with van der Waals surface area (Å²) >= 11 is 32.6. The van der Waals surface area contributed by atoms with Gasteiger partial charge in [0.2, 0.25) is 0 Å². The fraction of sp³-hybridized carbons (Fsp3) is 0.600. The van der Waals surface area contributed by atoms with Crippen LogP contribution in [0.2, 0.25) is 0 Å². The van der Waals surface area contributed by atoms with Gasteiger partial charge in [-0.25, -0.2) is 0 Å². The van der Waals surface area contributed by atoms with Gasteiger partial charge in [-0.05, 0) is 36.9 Å². The molecule has 0 aliphatic carbocycles. The van der Waals surface area contributed by atoms with Crippen LogP contribution in [0.4, 0.5) is 0 Å². The number of unbranched alkanes of at least 4 members (excludes halogenated alkanes) is 9. The molecule has 0 bridgehead atoms. The van der Waals surface area contributed by atoms with Gasteiger partial charge in [0.05, 0.1) is 50.8 Å². The highest BCUT2D eigenvalue weighted by Crippen LogP contribution is 2.68. The van der Waals surface area contributed by atoms with Crippen molar-refractivity contribution in [2.24, 2.45) is 0 Å². The molecule has 254 valence electrons. The Bertz CT molecular complexity index is 1150. The Hall–Kier alpha value is 4.04. The van der Waals surface area contributed by atoms with Crippen LogP contribution in [0, 0.1) is 0 Å². The summed E-state index contributed by atoms with van der Waals surface area (Å²) in [5.41, 5.74) is 0. The average molecular weight is 912 g/mol. The zero-order valence-corrected chi connectivity index (χ0v) is 38.9. The van der Waals surface area contributed by atoms with Gasteiger partial charge in [0.1, 0.15) is 0 Å². The van der Waals surface area contributed by atoms with Gasteiger partial charge in [-0.3, -0.25) is 0 Å². The fourth-order valence-corrected chi connectivity index (χ4v) is 28.2. The molecule has 16 heteroatoms. The van der Waals surface area contributed by atoms with E-state index < -0.39 is 0 Å². The molecule has 0 aromatic rings. The van der Waals surface area contributed by atoms with Crippen molar-refractivity contribution in [3.05, 3.63) is 50.8 Å². The van der Waals surface area contributed by atoms with Crippen molar-refractivity contribution < 1.29 is 0 Å². The van der Waals surface area contributed by atoms with Crippen molar-refractivity contribution in [3.8, 4) is 0 Å². The van der Waals surface area contributed by atoms with Crippen molar-refractivity contribution in [2.45, 2.75) is 64.2 Å². The van der Waals surface area contributed by atoms with E-state index in [-0.39, 0.29) is 0 Å². The Balaban J connectivity index is 0.758. The third-order valence-electron chi connectivity index (χ3n) is 6.96. The monoisotopic (exact) mass is 910 g/mol. The van der Waals surface area contributed by atoms with Gasteiger partial charge in [0, 0.05) is 23.0 Å². The molecule has 0 spiro atoms. The lowest BCUT2D eigenvalue weighted by Gasteiger charge is -2.08. The molecule has 0 atom stereocenters. The largest absolute Gasteiger partial charge is 0.121 e. The summed E-state index contributed by atoms with van der Waals surface area (Å²) in [6.07, 6.45) is 18.5. The van der Waals surface area contributed by atoms with Crippen LogP contribution in [0.15, 0.2) is 50.8 Å². The van der Waals surface area contributed by atoms with E-state index >= 15 is 0 Å². The molecular formula is C30H38S16. The third-order valence-corrected chi connectivity index (χ3v) is 30.5. The third kappa shape index (κ3) is 11.8. The molecule has 0 saturated carbocycles. The van der Waals surface area contributed by atoms with E-state index in [1.807, 2.05) is 94.1 Å². The van der Waals surface area contributed by atoms with Gasteiger partial charge < -0.3 is 0 Å². The van der Waals surface area contributed by atoms with Crippen LogP contribution in [-0.2, 0) is 0 Å². The summed E-state index contributed by atoms with van der Waals surface area (Å²) in [4.78, 5) is 0. The number of hydrogen-bond acceptors (Lipinski definition) is 16. The number of hydrogen-bond donors (Lipinski definition) is 0. The topological polar surface area (TPSA) is 0 Å². The van der Waals surface area contributed by atoms with Gasteiger partial charge in [-0.1, -0.05) is 145 Å². The van der Waals surface area contributed by atoms with E-state index in [9.17, 15) is 0 Å². The first-order chi connectivity index (χ1) is 22.7.